The maximum Gasteiger partial charge on any atom is 0.347 e. The van der Waals surface area contributed by atoms with Crippen LogP contribution in [0.5, 0.6) is 11.5 Å². The lowest BCUT2D eigenvalue weighted by molar-refractivity contribution is 0.0731. The predicted molar refractivity (Wildman–Crippen MR) is 129 cm³/mol. The summed E-state index contributed by atoms with van der Waals surface area (Å²) in [7, 11) is 0. The third-order valence-electron chi connectivity index (χ3n) is 4.26. The summed E-state index contributed by atoms with van der Waals surface area (Å²) in [6, 6.07) is 31.3. The van der Waals surface area contributed by atoms with Crippen molar-refractivity contribution in [2.45, 2.75) is 0 Å². The van der Waals surface area contributed by atoms with Gasteiger partial charge in [-0.3, -0.25) is 0 Å². The van der Waals surface area contributed by atoms with Crippen LogP contribution in [0.1, 0.15) is 10.4 Å². The Labute approximate surface area is 191 Å². The Hall–Kier alpha value is -4.78. The number of hydrogen-bond acceptors (Lipinski definition) is 5. The lowest BCUT2D eigenvalue weighted by Gasteiger charge is -2.06. The molecule has 0 unspecified atom stereocenters. The fourth-order valence-corrected chi connectivity index (χ4v) is 2.71. The van der Waals surface area contributed by atoms with E-state index in [9.17, 15) is 14.7 Å². The molecule has 0 aliphatic heterocycles. The second-order valence-electron chi connectivity index (χ2n) is 6.79. The van der Waals surface area contributed by atoms with Crippen molar-refractivity contribution in [2.75, 3.05) is 16.4 Å². The van der Waals surface area contributed by atoms with Crippen molar-refractivity contribution in [3.05, 3.63) is 115 Å². The van der Waals surface area contributed by atoms with Gasteiger partial charge in [0, 0.05) is 23.1 Å². The molecule has 0 aromatic heterocycles. The van der Waals surface area contributed by atoms with Crippen LogP contribution in [0.2, 0.25) is 0 Å². The second-order valence-corrected chi connectivity index (χ2v) is 6.79. The molecule has 0 bridgehead atoms. The number of ether oxygens (including phenoxy) is 1. The molecule has 33 heavy (non-hydrogen) atoms. The van der Waals surface area contributed by atoms with Crippen LogP contribution in [0.4, 0.5) is 21.9 Å². The lowest BCUT2D eigenvalue weighted by atomic mass is 10.2. The number of urea groups is 1. The zero-order valence-corrected chi connectivity index (χ0v) is 17.6. The molecule has 7 heteroatoms. The fraction of sp³-hybridized carbons (Fsp3) is 0. The number of carbonyl (C=O) groups is 2. The maximum atomic E-state index is 11.7. The number of nitrogens with one attached hydrogen (secondary N) is 2. The van der Waals surface area contributed by atoms with Gasteiger partial charge in [0.1, 0.15) is 17.1 Å². The molecule has 7 nitrogen and oxygen atoms in total. The van der Waals surface area contributed by atoms with Gasteiger partial charge in [-0.25, -0.2) is 9.59 Å². The van der Waals surface area contributed by atoms with Gasteiger partial charge in [0.05, 0.1) is 0 Å². The first kappa shape index (κ1) is 22.9. The Morgan fingerprint density at radius 1 is 0.697 bits per heavy atom. The molecule has 0 saturated carbocycles. The van der Waals surface area contributed by atoms with E-state index in [0.29, 0.717) is 11.4 Å². The Bertz CT molecular complexity index is 1140. The van der Waals surface area contributed by atoms with Crippen molar-refractivity contribution in [1.82, 2.24) is 0 Å². The zero-order chi connectivity index (χ0) is 23.5. The van der Waals surface area contributed by atoms with Crippen LogP contribution in [-0.2, 0) is 0 Å². The highest BCUT2D eigenvalue weighted by molar-refractivity contribution is 5.99. The summed E-state index contributed by atoms with van der Waals surface area (Å²) in [6.45, 7) is 0. The minimum atomic E-state index is -0.617. The van der Waals surface area contributed by atoms with Crippen molar-refractivity contribution in [1.29, 1.82) is 0 Å². The van der Waals surface area contributed by atoms with Crippen molar-refractivity contribution in [3.63, 3.8) is 0 Å². The van der Waals surface area contributed by atoms with Crippen LogP contribution >= 0.6 is 0 Å². The summed E-state index contributed by atoms with van der Waals surface area (Å²) in [5.74, 6) is -0.381. The third kappa shape index (κ3) is 7.45. The predicted octanol–water partition coefficient (Wildman–Crippen LogP) is 5.52. The van der Waals surface area contributed by atoms with Gasteiger partial charge in [0.25, 0.3) is 0 Å². The summed E-state index contributed by atoms with van der Waals surface area (Å²) in [5.41, 5.74) is 7.49. The van der Waals surface area contributed by atoms with Crippen LogP contribution in [0.25, 0.3) is 0 Å². The standard InChI is InChI=1S/C13H12N2O.C13H11NO3/c16-13(14-11-7-3-1-4-8-11)15-12-9-5-2-6-10-12;14-9-6-7-11(12(15)8-9)13(16)17-10-4-2-1-3-5-10/h1-10H,(H2,14,15,16);1-8,15H,14H2. The van der Waals surface area contributed by atoms with E-state index < -0.39 is 5.97 Å². The average molecular weight is 441 g/mol. The van der Waals surface area contributed by atoms with Crippen LogP contribution in [-0.4, -0.2) is 17.1 Å². The number of carbonyl (C=O) groups excluding carboxylic acids is 2. The summed E-state index contributed by atoms with van der Waals surface area (Å²) in [5, 5.41) is 15.0. The van der Waals surface area contributed by atoms with Crippen LogP contribution in [0, 0.1) is 0 Å². The third-order valence-corrected chi connectivity index (χ3v) is 4.26. The Balaban J connectivity index is 0.000000186. The quantitative estimate of drug-likeness (QED) is 0.189. The Morgan fingerprint density at radius 3 is 1.67 bits per heavy atom. The molecule has 0 aliphatic carbocycles. The highest BCUT2D eigenvalue weighted by atomic mass is 16.5. The smallest absolute Gasteiger partial charge is 0.347 e. The van der Waals surface area contributed by atoms with Crippen LogP contribution in [0.15, 0.2) is 109 Å². The molecule has 0 spiro atoms. The van der Waals surface area contributed by atoms with Crippen molar-refractivity contribution in [2.24, 2.45) is 0 Å². The number of nitrogens with two attached hydrogens (primary N) is 1. The normalized spacial score (nSPS) is 9.70. The van der Waals surface area contributed by atoms with E-state index in [0.717, 1.165) is 11.4 Å². The molecule has 5 N–H and O–H groups in total. The van der Waals surface area contributed by atoms with Crippen LogP contribution in [0.3, 0.4) is 0 Å². The van der Waals surface area contributed by atoms with Gasteiger partial charge in [0.2, 0.25) is 0 Å². The summed E-state index contributed by atoms with van der Waals surface area (Å²) < 4.78 is 5.08. The van der Waals surface area contributed by atoms with Gasteiger partial charge in [0.15, 0.2) is 0 Å². The largest absolute Gasteiger partial charge is 0.507 e. The molecule has 0 atom stereocenters. The number of hydrogen-bond donors (Lipinski definition) is 4. The monoisotopic (exact) mass is 441 g/mol. The van der Waals surface area contributed by atoms with E-state index in [1.165, 1.54) is 18.2 Å². The maximum absolute atomic E-state index is 11.7. The van der Waals surface area contributed by atoms with Gasteiger partial charge in [-0.05, 0) is 48.5 Å². The molecule has 4 aromatic rings. The van der Waals surface area contributed by atoms with E-state index in [1.54, 1.807) is 24.3 Å². The SMILES string of the molecule is Nc1ccc(C(=O)Oc2ccccc2)c(O)c1.O=C(Nc1ccccc1)Nc1ccccc1. The van der Waals surface area contributed by atoms with Crippen molar-refractivity contribution < 1.29 is 19.4 Å². The number of benzene rings is 4. The summed E-state index contributed by atoms with van der Waals surface area (Å²) in [4.78, 5) is 23.3. The number of aromatic hydroxyl groups is 1. The van der Waals surface area contributed by atoms with E-state index in [4.69, 9.17) is 10.5 Å². The number of rotatable bonds is 4. The lowest BCUT2D eigenvalue weighted by Crippen LogP contribution is -2.19. The molecule has 0 saturated heterocycles. The van der Waals surface area contributed by atoms with E-state index in [1.807, 2.05) is 66.7 Å². The molecule has 0 heterocycles. The molecule has 0 aliphatic rings. The molecule has 4 rings (SSSR count). The molecule has 0 fully saturated rings. The highest BCUT2D eigenvalue weighted by Crippen LogP contribution is 2.22. The number of nitrogen functional groups attached to an aromatic ring is 1. The molecular formula is C26H23N3O4. The molecule has 2 amide bonds. The number of anilines is 3. The zero-order valence-electron chi connectivity index (χ0n) is 17.6. The Morgan fingerprint density at radius 2 is 1.18 bits per heavy atom. The first-order valence-electron chi connectivity index (χ1n) is 10.0. The second kappa shape index (κ2) is 11.6. The Kier molecular flexibility index (Phi) is 8.03. The molecule has 4 aromatic carbocycles. The number of phenolic OH excluding ortho intramolecular Hbond substituents is 1. The number of para-hydroxylation sites is 3. The van der Waals surface area contributed by atoms with E-state index >= 15 is 0 Å². The average Bonchev–Trinajstić information content (AvgIpc) is 2.81. The molecule has 166 valence electrons. The van der Waals surface area contributed by atoms with Gasteiger partial charge >= 0.3 is 12.0 Å². The van der Waals surface area contributed by atoms with Crippen molar-refractivity contribution >= 4 is 29.1 Å². The first-order chi connectivity index (χ1) is 16.0. The minimum Gasteiger partial charge on any atom is -0.507 e. The van der Waals surface area contributed by atoms with Gasteiger partial charge in [-0.2, -0.15) is 0 Å². The number of esters is 1. The van der Waals surface area contributed by atoms with E-state index in [2.05, 4.69) is 10.6 Å². The first-order valence-corrected chi connectivity index (χ1v) is 10.0. The minimum absolute atomic E-state index is 0.0862. The van der Waals surface area contributed by atoms with Crippen molar-refractivity contribution in [3.8, 4) is 11.5 Å². The topological polar surface area (TPSA) is 114 Å². The van der Waals surface area contributed by atoms with Gasteiger partial charge < -0.3 is 26.2 Å². The summed E-state index contributed by atoms with van der Waals surface area (Å²) >= 11 is 0. The highest BCUT2D eigenvalue weighted by Gasteiger charge is 2.13. The summed E-state index contributed by atoms with van der Waals surface area (Å²) in [6.07, 6.45) is 0. The van der Waals surface area contributed by atoms with Gasteiger partial charge in [-0.1, -0.05) is 54.6 Å². The number of amides is 2. The fourth-order valence-electron chi connectivity index (χ4n) is 2.71. The number of phenols is 1. The molecule has 0 radical (unpaired) electrons. The van der Waals surface area contributed by atoms with Gasteiger partial charge in [-0.15, -0.1) is 0 Å². The van der Waals surface area contributed by atoms with Crippen LogP contribution < -0.4 is 21.1 Å². The molecular weight excluding hydrogens is 418 g/mol. The van der Waals surface area contributed by atoms with E-state index in [-0.39, 0.29) is 17.3 Å².